The van der Waals surface area contributed by atoms with Gasteiger partial charge in [-0.15, -0.1) is 0 Å². The zero-order chi connectivity index (χ0) is 17.3. The van der Waals surface area contributed by atoms with Crippen molar-refractivity contribution in [2.75, 3.05) is 19.6 Å². The quantitative estimate of drug-likeness (QED) is 0.821. The Morgan fingerprint density at radius 1 is 1.28 bits per heavy atom. The number of amides is 2. The summed E-state index contributed by atoms with van der Waals surface area (Å²) in [6.45, 7) is 2.03. The lowest BCUT2D eigenvalue weighted by molar-refractivity contribution is 0.0975. The van der Waals surface area contributed by atoms with E-state index in [1.54, 1.807) is 18.6 Å². The van der Waals surface area contributed by atoms with Crippen LogP contribution in [0.1, 0.15) is 24.8 Å². The van der Waals surface area contributed by atoms with Gasteiger partial charge in [0.05, 0.1) is 12.7 Å². The third kappa shape index (κ3) is 5.45. The number of aryl methyl sites for hydroxylation is 1. The van der Waals surface area contributed by atoms with Gasteiger partial charge in [0, 0.05) is 25.5 Å². The first kappa shape index (κ1) is 17.2. The molecule has 0 aliphatic carbocycles. The van der Waals surface area contributed by atoms with E-state index in [0.29, 0.717) is 19.0 Å². The van der Waals surface area contributed by atoms with Crippen LogP contribution in [0, 0.1) is 0 Å². The summed E-state index contributed by atoms with van der Waals surface area (Å²) < 4.78 is 5.82. The van der Waals surface area contributed by atoms with Gasteiger partial charge in [-0.2, -0.15) is 0 Å². The Morgan fingerprint density at radius 2 is 2.16 bits per heavy atom. The molecule has 2 aromatic rings. The highest BCUT2D eigenvalue weighted by Gasteiger charge is 2.25. The minimum absolute atomic E-state index is 0.0134. The average Bonchev–Trinajstić information content (AvgIpc) is 2.67. The smallest absolute Gasteiger partial charge is 0.317 e. The number of ether oxygens (including phenoxy) is 1. The molecule has 2 heterocycles. The normalized spacial score (nSPS) is 17.1. The predicted molar refractivity (Wildman–Crippen MR) is 95.4 cm³/mol. The highest BCUT2D eigenvalue weighted by atomic mass is 16.5. The second-order valence-corrected chi connectivity index (χ2v) is 6.19. The van der Waals surface area contributed by atoms with Crippen molar-refractivity contribution in [1.29, 1.82) is 0 Å². The Balaban J connectivity index is 1.39. The van der Waals surface area contributed by atoms with Crippen molar-refractivity contribution in [2.24, 2.45) is 0 Å². The fourth-order valence-corrected chi connectivity index (χ4v) is 2.98. The molecule has 1 atom stereocenters. The van der Waals surface area contributed by atoms with Crippen molar-refractivity contribution in [3.05, 3.63) is 54.5 Å². The lowest BCUT2D eigenvalue weighted by atomic mass is 10.1. The Hall–Kier alpha value is -2.63. The fraction of sp³-hybridized carbons (Fsp3) is 0.421. The number of carbonyl (C=O) groups excluding carboxylic acids is 1. The summed E-state index contributed by atoms with van der Waals surface area (Å²) in [5.74, 6) is 0.512. The number of carbonyl (C=O) groups is 1. The highest BCUT2D eigenvalue weighted by Crippen LogP contribution is 2.15. The number of nitrogens with one attached hydrogen (secondary N) is 1. The van der Waals surface area contributed by atoms with Crippen LogP contribution in [-0.4, -0.2) is 46.6 Å². The Morgan fingerprint density at radius 3 is 2.96 bits per heavy atom. The van der Waals surface area contributed by atoms with Gasteiger partial charge in [0.25, 0.3) is 0 Å². The summed E-state index contributed by atoms with van der Waals surface area (Å²) in [7, 11) is 0. The minimum atomic E-state index is -0.0273. The molecule has 132 valence electrons. The van der Waals surface area contributed by atoms with Gasteiger partial charge in [0.2, 0.25) is 5.88 Å². The van der Waals surface area contributed by atoms with Gasteiger partial charge in [0.15, 0.2) is 0 Å². The van der Waals surface area contributed by atoms with Gasteiger partial charge < -0.3 is 15.0 Å². The second-order valence-electron chi connectivity index (χ2n) is 6.19. The SMILES string of the molecule is O=C(NCCCc1ccccc1)N1CCCC(Oc2cnccn2)C1. The van der Waals surface area contributed by atoms with E-state index in [1.807, 2.05) is 23.1 Å². The van der Waals surface area contributed by atoms with Crippen LogP contribution in [-0.2, 0) is 6.42 Å². The second kappa shape index (κ2) is 9.01. The van der Waals surface area contributed by atoms with Gasteiger partial charge in [0.1, 0.15) is 6.10 Å². The van der Waals surface area contributed by atoms with Crippen LogP contribution in [0.5, 0.6) is 5.88 Å². The van der Waals surface area contributed by atoms with E-state index in [2.05, 4.69) is 27.4 Å². The van der Waals surface area contributed by atoms with Gasteiger partial charge in [-0.25, -0.2) is 9.78 Å². The largest absolute Gasteiger partial charge is 0.471 e. The molecule has 2 amide bonds. The van der Waals surface area contributed by atoms with Crippen molar-refractivity contribution in [2.45, 2.75) is 31.8 Å². The van der Waals surface area contributed by atoms with E-state index in [1.165, 1.54) is 5.56 Å². The van der Waals surface area contributed by atoms with Crippen LogP contribution in [0.3, 0.4) is 0 Å². The first-order valence-corrected chi connectivity index (χ1v) is 8.80. The number of likely N-dealkylation sites (tertiary alicyclic amines) is 1. The molecule has 1 aliphatic rings. The van der Waals surface area contributed by atoms with E-state index < -0.39 is 0 Å². The summed E-state index contributed by atoms with van der Waals surface area (Å²) in [6.07, 6.45) is 8.56. The molecule has 1 N–H and O–H groups in total. The maximum Gasteiger partial charge on any atom is 0.317 e. The van der Waals surface area contributed by atoms with E-state index >= 15 is 0 Å². The number of piperidine rings is 1. The maximum atomic E-state index is 12.3. The van der Waals surface area contributed by atoms with Crippen molar-refractivity contribution < 1.29 is 9.53 Å². The third-order valence-electron chi connectivity index (χ3n) is 4.25. The molecule has 1 aromatic heterocycles. The summed E-state index contributed by atoms with van der Waals surface area (Å²) in [5.41, 5.74) is 1.30. The summed E-state index contributed by atoms with van der Waals surface area (Å²) in [4.78, 5) is 22.3. The molecule has 1 unspecified atom stereocenters. The topological polar surface area (TPSA) is 67.4 Å². The van der Waals surface area contributed by atoms with E-state index in [0.717, 1.165) is 32.2 Å². The third-order valence-corrected chi connectivity index (χ3v) is 4.25. The molecule has 3 rings (SSSR count). The van der Waals surface area contributed by atoms with Gasteiger partial charge in [-0.3, -0.25) is 4.98 Å². The zero-order valence-electron chi connectivity index (χ0n) is 14.3. The van der Waals surface area contributed by atoms with Gasteiger partial charge in [-0.1, -0.05) is 30.3 Å². The Kier molecular flexibility index (Phi) is 6.20. The first-order valence-electron chi connectivity index (χ1n) is 8.80. The zero-order valence-corrected chi connectivity index (χ0v) is 14.3. The summed E-state index contributed by atoms with van der Waals surface area (Å²) >= 11 is 0. The number of rotatable bonds is 6. The molecule has 0 spiro atoms. The number of hydrogen-bond donors (Lipinski definition) is 1. The molecule has 1 aromatic carbocycles. The lowest BCUT2D eigenvalue weighted by Gasteiger charge is -2.32. The molecule has 0 radical (unpaired) electrons. The number of benzene rings is 1. The van der Waals surface area contributed by atoms with Crippen molar-refractivity contribution >= 4 is 6.03 Å². The van der Waals surface area contributed by atoms with Crippen LogP contribution in [0.4, 0.5) is 4.79 Å². The monoisotopic (exact) mass is 340 g/mol. The van der Waals surface area contributed by atoms with Crippen LogP contribution in [0.15, 0.2) is 48.9 Å². The summed E-state index contributed by atoms with van der Waals surface area (Å²) in [5, 5.41) is 3.01. The molecule has 1 aliphatic heterocycles. The summed E-state index contributed by atoms with van der Waals surface area (Å²) in [6, 6.07) is 10.3. The average molecular weight is 340 g/mol. The first-order chi connectivity index (χ1) is 12.3. The number of urea groups is 1. The van der Waals surface area contributed by atoms with E-state index in [9.17, 15) is 4.79 Å². The predicted octanol–water partition coefficient (Wildman–Crippen LogP) is 2.66. The Labute approximate surface area is 148 Å². The van der Waals surface area contributed by atoms with Crippen LogP contribution < -0.4 is 10.1 Å². The molecule has 25 heavy (non-hydrogen) atoms. The minimum Gasteiger partial charge on any atom is -0.471 e. The molecule has 0 bridgehead atoms. The van der Waals surface area contributed by atoms with Crippen LogP contribution >= 0.6 is 0 Å². The number of aromatic nitrogens is 2. The number of hydrogen-bond acceptors (Lipinski definition) is 4. The van der Waals surface area contributed by atoms with Gasteiger partial charge >= 0.3 is 6.03 Å². The van der Waals surface area contributed by atoms with Crippen molar-refractivity contribution in [3.8, 4) is 5.88 Å². The van der Waals surface area contributed by atoms with Crippen LogP contribution in [0.25, 0.3) is 0 Å². The van der Waals surface area contributed by atoms with E-state index in [-0.39, 0.29) is 12.1 Å². The van der Waals surface area contributed by atoms with E-state index in [4.69, 9.17) is 4.74 Å². The standard InChI is InChI=1S/C19H24N4O2/c24-19(22-10-4-8-16-6-2-1-3-7-16)23-13-5-9-17(15-23)25-18-14-20-11-12-21-18/h1-3,6-7,11-12,14,17H,4-5,8-10,13,15H2,(H,22,24). The van der Waals surface area contributed by atoms with Gasteiger partial charge in [-0.05, 0) is 31.2 Å². The molecule has 6 nitrogen and oxygen atoms in total. The van der Waals surface area contributed by atoms with Crippen molar-refractivity contribution in [3.63, 3.8) is 0 Å². The Bertz CT molecular complexity index is 651. The number of nitrogens with zero attached hydrogens (tertiary/aromatic N) is 3. The lowest BCUT2D eigenvalue weighted by Crippen LogP contribution is -2.48. The molecule has 1 fully saturated rings. The molecule has 6 heteroatoms. The highest BCUT2D eigenvalue weighted by molar-refractivity contribution is 5.74. The molecular formula is C19H24N4O2. The van der Waals surface area contributed by atoms with Crippen LogP contribution in [0.2, 0.25) is 0 Å². The maximum absolute atomic E-state index is 12.3. The molecular weight excluding hydrogens is 316 g/mol. The molecule has 0 saturated carbocycles. The fourth-order valence-electron chi connectivity index (χ4n) is 2.98. The van der Waals surface area contributed by atoms with Crippen molar-refractivity contribution in [1.82, 2.24) is 20.2 Å². The molecule has 1 saturated heterocycles.